The molecule has 3 N–H and O–H groups in total. The zero-order valence-corrected chi connectivity index (χ0v) is 10.8. The van der Waals surface area contributed by atoms with Crippen molar-refractivity contribution in [1.29, 1.82) is 0 Å². The van der Waals surface area contributed by atoms with Crippen LogP contribution in [0.25, 0.3) is 0 Å². The number of hydrogen-bond donors (Lipinski definition) is 2. The molecule has 1 aromatic rings. The van der Waals surface area contributed by atoms with Gasteiger partial charge in [0.1, 0.15) is 0 Å². The summed E-state index contributed by atoms with van der Waals surface area (Å²) in [7, 11) is 4.61. The molecule has 100 valence electrons. The topological polar surface area (TPSA) is 82.8 Å². The van der Waals surface area contributed by atoms with E-state index in [1.165, 1.54) is 14.2 Å². The fourth-order valence-corrected chi connectivity index (χ4v) is 1.57. The van der Waals surface area contributed by atoms with Gasteiger partial charge in [-0.25, -0.2) is 0 Å². The third kappa shape index (κ3) is 3.04. The van der Waals surface area contributed by atoms with E-state index in [2.05, 4.69) is 5.32 Å². The van der Waals surface area contributed by atoms with Crippen molar-refractivity contribution in [2.45, 2.75) is 6.54 Å². The molecular formula is C12H18N2O4. The summed E-state index contributed by atoms with van der Waals surface area (Å²) >= 11 is 0. The third-order valence-corrected chi connectivity index (χ3v) is 2.45. The van der Waals surface area contributed by atoms with E-state index < -0.39 is 0 Å². The Kier molecular flexibility index (Phi) is 5.26. The molecule has 0 aliphatic rings. The summed E-state index contributed by atoms with van der Waals surface area (Å²) in [6.45, 7) is 0.273. The van der Waals surface area contributed by atoms with Crippen LogP contribution in [-0.4, -0.2) is 33.8 Å². The van der Waals surface area contributed by atoms with Crippen LogP contribution in [0.15, 0.2) is 12.1 Å². The number of methoxy groups -OCH3 is 3. The Hall–Kier alpha value is -1.95. The number of carbonyl (C=O) groups is 1. The van der Waals surface area contributed by atoms with Crippen molar-refractivity contribution in [2.24, 2.45) is 5.73 Å². The molecule has 6 heteroatoms. The Bertz CT molecular complexity index is 421. The van der Waals surface area contributed by atoms with Crippen molar-refractivity contribution >= 4 is 5.91 Å². The van der Waals surface area contributed by atoms with E-state index in [9.17, 15) is 4.79 Å². The lowest BCUT2D eigenvalue weighted by Gasteiger charge is -2.15. The highest BCUT2D eigenvalue weighted by atomic mass is 16.5. The van der Waals surface area contributed by atoms with Crippen LogP contribution < -0.4 is 25.3 Å². The second-order valence-electron chi connectivity index (χ2n) is 3.47. The molecule has 0 saturated carbocycles. The number of ether oxygens (including phenoxy) is 3. The van der Waals surface area contributed by atoms with Gasteiger partial charge in [0.2, 0.25) is 11.7 Å². The fraction of sp³-hybridized carbons (Fsp3) is 0.417. The summed E-state index contributed by atoms with van der Waals surface area (Å²) in [6.07, 6.45) is 0. The summed E-state index contributed by atoms with van der Waals surface area (Å²) < 4.78 is 15.7. The molecule has 0 fully saturated rings. The van der Waals surface area contributed by atoms with Crippen molar-refractivity contribution in [3.05, 3.63) is 17.7 Å². The molecular weight excluding hydrogens is 236 g/mol. The predicted molar refractivity (Wildman–Crippen MR) is 67.0 cm³/mol. The Morgan fingerprint density at radius 1 is 1.17 bits per heavy atom. The molecule has 18 heavy (non-hydrogen) atoms. The quantitative estimate of drug-likeness (QED) is 0.762. The van der Waals surface area contributed by atoms with Crippen LogP contribution in [0.3, 0.4) is 0 Å². The maximum Gasteiger partial charge on any atom is 0.234 e. The predicted octanol–water partition coefficient (Wildman–Crippen LogP) is 0.287. The molecule has 0 heterocycles. The summed E-state index contributed by atoms with van der Waals surface area (Å²) in [5.74, 6) is 1.38. The molecule has 1 rings (SSSR count). The molecule has 0 spiro atoms. The van der Waals surface area contributed by atoms with E-state index in [1.54, 1.807) is 19.2 Å². The van der Waals surface area contributed by atoms with Crippen LogP contribution in [0, 0.1) is 0 Å². The van der Waals surface area contributed by atoms with Crippen LogP contribution in [0.4, 0.5) is 0 Å². The van der Waals surface area contributed by atoms with E-state index in [-0.39, 0.29) is 12.5 Å². The second kappa shape index (κ2) is 6.70. The summed E-state index contributed by atoms with van der Waals surface area (Å²) in [5.41, 5.74) is 6.01. The molecule has 0 unspecified atom stereocenters. The third-order valence-electron chi connectivity index (χ3n) is 2.45. The number of nitrogens with one attached hydrogen (secondary N) is 1. The molecule has 1 aromatic carbocycles. The van der Waals surface area contributed by atoms with Gasteiger partial charge in [0.05, 0.1) is 27.9 Å². The van der Waals surface area contributed by atoms with Crippen LogP contribution in [0.5, 0.6) is 17.2 Å². The highest BCUT2D eigenvalue weighted by Crippen LogP contribution is 2.39. The van der Waals surface area contributed by atoms with Gasteiger partial charge < -0.3 is 25.3 Å². The van der Waals surface area contributed by atoms with E-state index in [4.69, 9.17) is 19.9 Å². The average molecular weight is 254 g/mol. The van der Waals surface area contributed by atoms with Crippen LogP contribution in [-0.2, 0) is 11.3 Å². The summed E-state index contributed by atoms with van der Waals surface area (Å²) in [5, 5.41) is 2.67. The lowest BCUT2D eigenvalue weighted by atomic mass is 10.1. The van der Waals surface area contributed by atoms with Crippen molar-refractivity contribution < 1.29 is 19.0 Å². The molecule has 0 saturated heterocycles. The molecule has 0 aliphatic carbocycles. The van der Waals surface area contributed by atoms with Gasteiger partial charge in [0, 0.05) is 12.1 Å². The van der Waals surface area contributed by atoms with Gasteiger partial charge in [-0.05, 0) is 12.1 Å². The smallest absolute Gasteiger partial charge is 0.234 e. The maximum atomic E-state index is 11.1. The minimum absolute atomic E-state index is 0.0460. The molecule has 0 atom stereocenters. The summed E-state index contributed by atoms with van der Waals surface area (Å²) in [6, 6.07) is 3.56. The molecule has 0 bridgehead atoms. The minimum Gasteiger partial charge on any atom is -0.493 e. The van der Waals surface area contributed by atoms with Gasteiger partial charge in [-0.15, -0.1) is 0 Å². The standard InChI is InChI=1S/C12H18N2O4/c1-16-9-5-4-8(7-14-10(15)6-13)11(17-2)12(9)18-3/h4-5H,6-7,13H2,1-3H3,(H,14,15). The van der Waals surface area contributed by atoms with Crippen LogP contribution in [0.1, 0.15) is 5.56 Å². The lowest BCUT2D eigenvalue weighted by Crippen LogP contribution is -2.29. The average Bonchev–Trinajstić information content (AvgIpc) is 2.43. The number of amides is 1. The van der Waals surface area contributed by atoms with Crippen molar-refractivity contribution in [1.82, 2.24) is 5.32 Å². The highest BCUT2D eigenvalue weighted by Gasteiger charge is 2.15. The maximum absolute atomic E-state index is 11.1. The zero-order valence-electron chi connectivity index (χ0n) is 10.8. The van der Waals surface area contributed by atoms with Crippen molar-refractivity contribution in [2.75, 3.05) is 27.9 Å². The SMILES string of the molecule is COc1ccc(CNC(=O)CN)c(OC)c1OC. The normalized spacial score (nSPS) is 9.78. The van der Waals surface area contributed by atoms with E-state index in [0.29, 0.717) is 23.8 Å². The van der Waals surface area contributed by atoms with Gasteiger partial charge in [0.15, 0.2) is 11.5 Å². The Morgan fingerprint density at radius 3 is 2.33 bits per heavy atom. The Balaban J connectivity index is 3.01. The number of carbonyl (C=O) groups excluding carboxylic acids is 1. The van der Waals surface area contributed by atoms with Gasteiger partial charge in [-0.1, -0.05) is 0 Å². The van der Waals surface area contributed by atoms with Crippen molar-refractivity contribution in [3.8, 4) is 17.2 Å². The molecule has 0 aliphatic heterocycles. The van der Waals surface area contributed by atoms with E-state index >= 15 is 0 Å². The monoisotopic (exact) mass is 254 g/mol. The molecule has 1 amide bonds. The fourth-order valence-electron chi connectivity index (χ4n) is 1.57. The number of benzene rings is 1. The first-order valence-electron chi connectivity index (χ1n) is 5.42. The Morgan fingerprint density at radius 2 is 1.83 bits per heavy atom. The second-order valence-corrected chi connectivity index (χ2v) is 3.47. The largest absolute Gasteiger partial charge is 0.493 e. The van der Waals surface area contributed by atoms with Gasteiger partial charge in [0.25, 0.3) is 0 Å². The number of nitrogens with two attached hydrogens (primary N) is 1. The van der Waals surface area contributed by atoms with Gasteiger partial charge >= 0.3 is 0 Å². The van der Waals surface area contributed by atoms with E-state index in [0.717, 1.165) is 5.56 Å². The highest BCUT2D eigenvalue weighted by molar-refractivity contribution is 5.77. The van der Waals surface area contributed by atoms with Gasteiger partial charge in [-0.2, -0.15) is 0 Å². The first kappa shape index (κ1) is 14.1. The number of rotatable bonds is 6. The first-order valence-corrected chi connectivity index (χ1v) is 5.42. The first-order chi connectivity index (χ1) is 8.67. The van der Waals surface area contributed by atoms with Crippen molar-refractivity contribution in [3.63, 3.8) is 0 Å². The zero-order chi connectivity index (χ0) is 13.5. The van der Waals surface area contributed by atoms with Crippen LogP contribution >= 0.6 is 0 Å². The van der Waals surface area contributed by atoms with E-state index in [1.807, 2.05) is 0 Å². The number of hydrogen-bond acceptors (Lipinski definition) is 5. The lowest BCUT2D eigenvalue weighted by molar-refractivity contribution is -0.119. The minimum atomic E-state index is -0.230. The summed E-state index contributed by atoms with van der Waals surface area (Å²) in [4.78, 5) is 11.1. The molecule has 6 nitrogen and oxygen atoms in total. The van der Waals surface area contributed by atoms with Crippen LogP contribution in [0.2, 0.25) is 0 Å². The molecule has 0 aromatic heterocycles. The van der Waals surface area contributed by atoms with Gasteiger partial charge in [-0.3, -0.25) is 4.79 Å². The molecule has 0 radical (unpaired) electrons. The Labute approximate surface area is 106 Å².